The highest BCUT2D eigenvalue weighted by molar-refractivity contribution is 6.02. The maximum Gasteiger partial charge on any atom is 0.332 e. The van der Waals surface area contributed by atoms with Crippen molar-refractivity contribution in [1.82, 2.24) is 19.5 Å². The summed E-state index contributed by atoms with van der Waals surface area (Å²) in [5.74, 6) is -0.395. The Bertz CT molecular complexity index is 1240. The Balaban J connectivity index is 2.06. The van der Waals surface area contributed by atoms with E-state index in [1.54, 1.807) is 0 Å². The van der Waals surface area contributed by atoms with E-state index in [2.05, 4.69) is 15.0 Å². The average Bonchev–Trinajstić information content (AvgIpc) is 2.97. The summed E-state index contributed by atoms with van der Waals surface area (Å²) in [7, 11) is 0. The van der Waals surface area contributed by atoms with Crippen molar-refractivity contribution in [2.45, 2.75) is 13.8 Å². The number of hydrogen-bond acceptors (Lipinski definition) is 4. The lowest BCUT2D eigenvalue weighted by Crippen LogP contribution is -2.15. The molecule has 2 heterocycles. The number of fused-ring (bicyclic) bond motifs is 1. The van der Waals surface area contributed by atoms with Crippen LogP contribution in [0.2, 0.25) is 0 Å². The summed E-state index contributed by atoms with van der Waals surface area (Å²) >= 11 is 0. The van der Waals surface area contributed by atoms with Crippen LogP contribution in [0.4, 0.5) is 0 Å². The summed E-state index contributed by atoms with van der Waals surface area (Å²) in [6.07, 6.45) is 0. The highest BCUT2D eigenvalue weighted by Crippen LogP contribution is 2.22. The van der Waals surface area contributed by atoms with Gasteiger partial charge in [-0.15, -0.1) is 0 Å². The van der Waals surface area contributed by atoms with Gasteiger partial charge in [-0.2, -0.15) is 0 Å². The van der Waals surface area contributed by atoms with Crippen LogP contribution in [-0.4, -0.2) is 25.4 Å². The first-order chi connectivity index (χ1) is 12.9. The molecule has 2 aromatic heterocycles. The van der Waals surface area contributed by atoms with Crippen molar-refractivity contribution < 1.29 is 4.79 Å². The number of nitrogens with two attached hydrogens (primary N) is 1. The quantitative estimate of drug-likeness (QED) is 0.586. The van der Waals surface area contributed by atoms with Gasteiger partial charge in [0, 0.05) is 5.56 Å². The first-order valence-corrected chi connectivity index (χ1v) is 8.40. The number of nitrogens with zero attached hydrogens (tertiary/aromatic N) is 3. The van der Waals surface area contributed by atoms with Gasteiger partial charge in [-0.3, -0.25) is 4.79 Å². The Morgan fingerprint density at radius 1 is 1.04 bits per heavy atom. The van der Waals surface area contributed by atoms with Gasteiger partial charge >= 0.3 is 5.69 Å². The Kier molecular flexibility index (Phi) is 3.84. The van der Waals surface area contributed by atoms with Gasteiger partial charge in [0.15, 0.2) is 17.2 Å². The lowest BCUT2D eigenvalue weighted by Gasteiger charge is -2.07. The molecule has 0 bridgehead atoms. The third-order valence-corrected chi connectivity index (χ3v) is 4.34. The van der Waals surface area contributed by atoms with Crippen molar-refractivity contribution in [1.29, 1.82) is 0 Å². The summed E-state index contributed by atoms with van der Waals surface area (Å²) in [4.78, 5) is 36.1. The number of imidazole rings is 1. The van der Waals surface area contributed by atoms with Crippen LogP contribution in [-0.2, 0) is 0 Å². The maximum atomic E-state index is 12.6. The molecule has 4 rings (SSSR count). The van der Waals surface area contributed by atoms with Crippen molar-refractivity contribution >= 4 is 17.1 Å². The predicted octanol–water partition coefficient (Wildman–Crippen LogP) is 2.49. The van der Waals surface area contributed by atoms with Gasteiger partial charge in [-0.25, -0.2) is 19.3 Å². The monoisotopic (exact) mass is 359 g/mol. The minimum absolute atomic E-state index is 0.0144. The number of amides is 1. The first-order valence-electron chi connectivity index (χ1n) is 8.40. The van der Waals surface area contributed by atoms with E-state index in [9.17, 15) is 9.59 Å². The van der Waals surface area contributed by atoms with E-state index in [1.807, 2.05) is 62.4 Å². The number of aromatic nitrogens is 4. The Morgan fingerprint density at radius 2 is 1.78 bits per heavy atom. The zero-order valence-electron chi connectivity index (χ0n) is 14.9. The van der Waals surface area contributed by atoms with Gasteiger partial charge in [-0.05, 0) is 32.0 Å². The van der Waals surface area contributed by atoms with Crippen molar-refractivity contribution in [2.75, 3.05) is 0 Å². The molecule has 3 N–H and O–H groups in total. The normalized spacial score (nSPS) is 11.0. The van der Waals surface area contributed by atoms with E-state index in [0.29, 0.717) is 17.2 Å². The topological polar surface area (TPSA) is 107 Å². The first kappa shape index (κ1) is 16.7. The van der Waals surface area contributed by atoms with Gasteiger partial charge in [-0.1, -0.05) is 41.5 Å². The summed E-state index contributed by atoms with van der Waals surface area (Å²) in [6, 6.07) is 15.0. The van der Waals surface area contributed by atoms with Crippen molar-refractivity contribution in [3.8, 4) is 17.1 Å². The van der Waals surface area contributed by atoms with Crippen LogP contribution in [0.5, 0.6) is 0 Å². The number of H-pyrrole nitrogens is 1. The van der Waals surface area contributed by atoms with Crippen LogP contribution in [0.15, 0.2) is 53.3 Å². The molecule has 27 heavy (non-hydrogen) atoms. The molecule has 0 radical (unpaired) electrons. The van der Waals surface area contributed by atoms with Crippen molar-refractivity contribution in [3.05, 3.63) is 75.8 Å². The number of aromatic amines is 1. The lowest BCUT2D eigenvalue weighted by molar-refractivity contribution is 0.0997. The molecule has 2 aromatic carbocycles. The SMILES string of the molecule is Cc1ccc(-n2c(=O)[nH]c3c(C(N)=O)nc(-c4cccc(C)c4)nc32)cc1. The number of aryl methyl sites for hydroxylation is 2. The van der Waals surface area contributed by atoms with Crippen LogP contribution >= 0.6 is 0 Å². The Morgan fingerprint density at radius 3 is 2.44 bits per heavy atom. The van der Waals surface area contributed by atoms with Gasteiger partial charge in [0.25, 0.3) is 5.91 Å². The molecule has 7 heteroatoms. The fraction of sp³-hybridized carbons (Fsp3) is 0.100. The van der Waals surface area contributed by atoms with Gasteiger partial charge in [0.05, 0.1) is 5.69 Å². The molecule has 7 nitrogen and oxygen atoms in total. The number of carbonyl (C=O) groups excluding carboxylic acids is 1. The standard InChI is InChI=1S/C20H17N5O2/c1-11-6-8-14(9-7-11)25-19-16(23-20(25)27)15(17(21)26)22-18(24-19)13-5-3-4-12(2)10-13/h3-10H,1-2H3,(H2,21,26)(H,23,27). The molecule has 0 atom stereocenters. The fourth-order valence-electron chi connectivity index (χ4n) is 3.01. The minimum Gasteiger partial charge on any atom is -0.364 e. The number of benzene rings is 2. The number of carbonyl (C=O) groups is 1. The van der Waals surface area contributed by atoms with Crippen LogP contribution < -0.4 is 11.4 Å². The number of rotatable bonds is 3. The van der Waals surface area contributed by atoms with Gasteiger partial charge < -0.3 is 10.7 Å². The van der Waals surface area contributed by atoms with Gasteiger partial charge in [0.2, 0.25) is 0 Å². The van der Waals surface area contributed by atoms with Crippen LogP contribution in [0.25, 0.3) is 28.2 Å². The summed E-state index contributed by atoms with van der Waals surface area (Å²) in [5.41, 5.74) is 9.10. The smallest absolute Gasteiger partial charge is 0.332 e. The second-order valence-corrected chi connectivity index (χ2v) is 6.43. The molecule has 0 fully saturated rings. The second kappa shape index (κ2) is 6.21. The second-order valence-electron chi connectivity index (χ2n) is 6.43. The molecule has 1 amide bonds. The van der Waals surface area contributed by atoms with E-state index in [4.69, 9.17) is 5.73 Å². The van der Waals surface area contributed by atoms with E-state index in [1.165, 1.54) is 4.57 Å². The maximum absolute atomic E-state index is 12.6. The van der Waals surface area contributed by atoms with Gasteiger partial charge in [0.1, 0.15) is 5.52 Å². The number of hydrogen-bond donors (Lipinski definition) is 2. The Hall–Kier alpha value is -3.74. The zero-order valence-corrected chi connectivity index (χ0v) is 14.9. The fourth-order valence-corrected chi connectivity index (χ4v) is 3.01. The molecule has 0 saturated carbocycles. The zero-order chi connectivity index (χ0) is 19.1. The molecule has 0 aliphatic carbocycles. The molecule has 0 aliphatic rings. The molecule has 0 aliphatic heterocycles. The molecule has 134 valence electrons. The molecular formula is C20H17N5O2. The largest absolute Gasteiger partial charge is 0.364 e. The third kappa shape index (κ3) is 2.89. The summed E-state index contributed by atoms with van der Waals surface area (Å²) in [5, 5.41) is 0. The number of primary amides is 1. The molecule has 0 spiro atoms. The number of nitrogens with one attached hydrogen (secondary N) is 1. The lowest BCUT2D eigenvalue weighted by atomic mass is 10.1. The minimum atomic E-state index is -0.728. The Labute approximate surface area is 154 Å². The molecule has 4 aromatic rings. The predicted molar refractivity (Wildman–Crippen MR) is 103 cm³/mol. The van der Waals surface area contributed by atoms with Crippen LogP contribution in [0.3, 0.4) is 0 Å². The summed E-state index contributed by atoms with van der Waals surface area (Å²) in [6.45, 7) is 3.92. The van der Waals surface area contributed by atoms with E-state index >= 15 is 0 Å². The van der Waals surface area contributed by atoms with E-state index < -0.39 is 11.6 Å². The molecular weight excluding hydrogens is 342 g/mol. The van der Waals surface area contributed by atoms with E-state index in [0.717, 1.165) is 16.7 Å². The van der Waals surface area contributed by atoms with Crippen LogP contribution in [0, 0.1) is 13.8 Å². The van der Waals surface area contributed by atoms with Crippen LogP contribution in [0.1, 0.15) is 21.6 Å². The average molecular weight is 359 g/mol. The van der Waals surface area contributed by atoms with Crippen molar-refractivity contribution in [2.24, 2.45) is 5.73 Å². The summed E-state index contributed by atoms with van der Waals surface area (Å²) < 4.78 is 1.42. The molecule has 0 unspecified atom stereocenters. The highest BCUT2D eigenvalue weighted by Gasteiger charge is 2.20. The third-order valence-electron chi connectivity index (χ3n) is 4.34. The molecule has 0 saturated heterocycles. The highest BCUT2D eigenvalue weighted by atomic mass is 16.2. The van der Waals surface area contributed by atoms with Crippen molar-refractivity contribution in [3.63, 3.8) is 0 Å². The van der Waals surface area contributed by atoms with E-state index in [-0.39, 0.29) is 11.2 Å².